The Morgan fingerprint density at radius 2 is 1.88 bits per heavy atom. The molecular weight excluding hydrogens is 318 g/mol. The van der Waals surface area contributed by atoms with E-state index in [1.54, 1.807) is 12.1 Å². The van der Waals surface area contributed by atoms with Crippen LogP contribution in [0.3, 0.4) is 0 Å². The number of nitrogens with one attached hydrogen (secondary N) is 1. The third-order valence-corrected chi connectivity index (χ3v) is 4.69. The third-order valence-electron chi connectivity index (χ3n) is 4.69. The van der Waals surface area contributed by atoms with E-state index < -0.39 is 10.8 Å². The second kappa shape index (κ2) is 7.44. The van der Waals surface area contributed by atoms with Crippen molar-refractivity contribution in [3.63, 3.8) is 0 Å². The van der Waals surface area contributed by atoms with Crippen molar-refractivity contribution in [3.8, 4) is 0 Å². The molecular formula is C19H21N3O3. The maximum Gasteiger partial charge on any atom is 0.282 e. The second-order valence-corrected chi connectivity index (χ2v) is 6.32. The highest BCUT2D eigenvalue weighted by atomic mass is 16.6. The third kappa shape index (κ3) is 3.85. The van der Waals surface area contributed by atoms with Gasteiger partial charge >= 0.3 is 0 Å². The zero-order valence-electron chi connectivity index (χ0n) is 14.1. The van der Waals surface area contributed by atoms with Crippen molar-refractivity contribution < 1.29 is 9.72 Å². The molecule has 1 aliphatic rings. The Kier molecular flexibility index (Phi) is 5.09. The van der Waals surface area contributed by atoms with Gasteiger partial charge in [0.15, 0.2) is 0 Å². The summed E-state index contributed by atoms with van der Waals surface area (Å²) < 4.78 is 0. The SMILES string of the molecule is C[C@@H](CNC(=O)c1ccccc1[N+](=O)[O-])N1CCc2ccccc2C1. The first-order valence-electron chi connectivity index (χ1n) is 8.38. The Balaban J connectivity index is 1.61. The van der Waals surface area contributed by atoms with Crippen LogP contribution in [0.5, 0.6) is 0 Å². The van der Waals surface area contributed by atoms with Crippen LogP contribution >= 0.6 is 0 Å². The molecule has 0 aliphatic carbocycles. The minimum Gasteiger partial charge on any atom is -0.350 e. The molecule has 1 N–H and O–H groups in total. The van der Waals surface area contributed by atoms with Gasteiger partial charge in [-0.15, -0.1) is 0 Å². The average molecular weight is 339 g/mol. The van der Waals surface area contributed by atoms with Crippen molar-refractivity contribution in [2.75, 3.05) is 13.1 Å². The number of nitro benzene ring substituents is 1. The van der Waals surface area contributed by atoms with Crippen molar-refractivity contribution in [2.24, 2.45) is 0 Å². The zero-order chi connectivity index (χ0) is 17.8. The summed E-state index contributed by atoms with van der Waals surface area (Å²) in [4.78, 5) is 25.2. The van der Waals surface area contributed by atoms with Crippen molar-refractivity contribution in [3.05, 3.63) is 75.3 Å². The van der Waals surface area contributed by atoms with Gasteiger partial charge in [-0.3, -0.25) is 19.8 Å². The first kappa shape index (κ1) is 17.1. The van der Waals surface area contributed by atoms with Crippen molar-refractivity contribution in [2.45, 2.75) is 25.9 Å². The van der Waals surface area contributed by atoms with Crippen LogP contribution in [0.25, 0.3) is 0 Å². The standard InChI is InChI=1S/C19H21N3O3/c1-14(21-11-10-15-6-2-3-7-16(15)13-21)12-20-19(23)17-8-4-5-9-18(17)22(24)25/h2-9,14H,10-13H2,1H3,(H,20,23)/t14-/m0/s1. The van der Waals surface area contributed by atoms with Gasteiger partial charge in [-0.2, -0.15) is 0 Å². The summed E-state index contributed by atoms with van der Waals surface area (Å²) in [5.41, 5.74) is 2.64. The summed E-state index contributed by atoms with van der Waals surface area (Å²) in [6, 6.07) is 14.6. The smallest absolute Gasteiger partial charge is 0.282 e. The number of benzene rings is 2. The van der Waals surface area contributed by atoms with Crippen LogP contribution in [0.4, 0.5) is 5.69 Å². The summed E-state index contributed by atoms with van der Waals surface area (Å²) in [5, 5.41) is 13.9. The van der Waals surface area contributed by atoms with Gasteiger partial charge in [0.05, 0.1) is 4.92 Å². The van der Waals surface area contributed by atoms with Crippen LogP contribution in [0.15, 0.2) is 48.5 Å². The van der Waals surface area contributed by atoms with E-state index in [2.05, 4.69) is 35.3 Å². The molecule has 3 rings (SSSR count). The number of amides is 1. The number of nitro groups is 1. The van der Waals surface area contributed by atoms with Gasteiger partial charge in [-0.25, -0.2) is 0 Å². The number of carbonyl (C=O) groups is 1. The summed E-state index contributed by atoms with van der Waals surface area (Å²) in [7, 11) is 0. The van der Waals surface area contributed by atoms with Gasteiger partial charge in [0.2, 0.25) is 0 Å². The summed E-state index contributed by atoms with van der Waals surface area (Å²) in [5.74, 6) is -0.406. The molecule has 0 spiro atoms. The fourth-order valence-electron chi connectivity index (χ4n) is 3.18. The second-order valence-electron chi connectivity index (χ2n) is 6.32. The predicted molar refractivity (Wildman–Crippen MR) is 95.4 cm³/mol. The highest BCUT2D eigenvalue weighted by Crippen LogP contribution is 2.20. The van der Waals surface area contributed by atoms with Crippen LogP contribution in [-0.2, 0) is 13.0 Å². The lowest BCUT2D eigenvalue weighted by molar-refractivity contribution is -0.385. The van der Waals surface area contributed by atoms with Crippen molar-refractivity contribution in [1.29, 1.82) is 0 Å². The lowest BCUT2D eigenvalue weighted by Gasteiger charge is -2.33. The molecule has 0 unspecified atom stereocenters. The summed E-state index contributed by atoms with van der Waals surface area (Å²) in [6.45, 7) is 4.32. The summed E-state index contributed by atoms with van der Waals surface area (Å²) in [6.07, 6.45) is 0.999. The van der Waals surface area contributed by atoms with Gasteiger partial charge in [0.1, 0.15) is 5.56 Å². The minimum atomic E-state index is -0.528. The van der Waals surface area contributed by atoms with E-state index in [-0.39, 0.29) is 17.3 Å². The molecule has 6 nitrogen and oxygen atoms in total. The van der Waals surface area contributed by atoms with Gasteiger partial charge in [-0.05, 0) is 30.5 Å². The molecule has 1 heterocycles. The zero-order valence-corrected chi connectivity index (χ0v) is 14.1. The largest absolute Gasteiger partial charge is 0.350 e. The Labute approximate surface area is 146 Å². The quantitative estimate of drug-likeness (QED) is 0.671. The topological polar surface area (TPSA) is 75.5 Å². The van der Waals surface area contributed by atoms with Crippen LogP contribution in [0.2, 0.25) is 0 Å². The monoisotopic (exact) mass is 339 g/mol. The van der Waals surface area contributed by atoms with Gasteiger partial charge < -0.3 is 5.32 Å². The highest BCUT2D eigenvalue weighted by molar-refractivity contribution is 5.98. The van der Waals surface area contributed by atoms with Gasteiger partial charge in [0, 0.05) is 31.7 Å². The van der Waals surface area contributed by atoms with Crippen molar-refractivity contribution >= 4 is 11.6 Å². The highest BCUT2D eigenvalue weighted by Gasteiger charge is 2.23. The molecule has 0 radical (unpaired) electrons. The number of fused-ring (bicyclic) bond motifs is 1. The fraction of sp³-hybridized carbons (Fsp3) is 0.316. The maximum absolute atomic E-state index is 12.3. The lowest BCUT2D eigenvalue weighted by atomic mass is 9.99. The molecule has 1 atom stereocenters. The molecule has 25 heavy (non-hydrogen) atoms. The van der Waals surface area contributed by atoms with E-state index in [9.17, 15) is 14.9 Å². The maximum atomic E-state index is 12.3. The normalized spacial score (nSPS) is 15.2. The molecule has 0 saturated carbocycles. The van der Waals surface area contributed by atoms with Gasteiger partial charge in [-0.1, -0.05) is 36.4 Å². The molecule has 1 aliphatic heterocycles. The molecule has 2 aromatic carbocycles. The van der Waals surface area contributed by atoms with Crippen molar-refractivity contribution in [1.82, 2.24) is 10.2 Å². The molecule has 0 fully saturated rings. The van der Waals surface area contributed by atoms with E-state index in [1.165, 1.54) is 23.3 Å². The number of carbonyl (C=O) groups excluding carboxylic acids is 1. The Morgan fingerprint density at radius 3 is 2.64 bits per heavy atom. The summed E-state index contributed by atoms with van der Waals surface area (Å²) >= 11 is 0. The number of rotatable bonds is 5. The minimum absolute atomic E-state index is 0.101. The van der Waals surface area contributed by atoms with Gasteiger partial charge in [0.25, 0.3) is 11.6 Å². The molecule has 2 aromatic rings. The first-order valence-corrected chi connectivity index (χ1v) is 8.38. The van der Waals surface area contributed by atoms with E-state index in [0.717, 1.165) is 19.5 Å². The first-order chi connectivity index (χ1) is 12.1. The van der Waals surface area contributed by atoms with Crippen LogP contribution < -0.4 is 5.32 Å². The molecule has 0 aromatic heterocycles. The van der Waals surface area contributed by atoms with E-state index in [4.69, 9.17) is 0 Å². The van der Waals surface area contributed by atoms with E-state index >= 15 is 0 Å². The number of hydrogen-bond acceptors (Lipinski definition) is 4. The van der Waals surface area contributed by atoms with Crippen LogP contribution in [0, 0.1) is 10.1 Å². The Morgan fingerprint density at radius 1 is 1.20 bits per heavy atom. The molecule has 130 valence electrons. The van der Waals surface area contributed by atoms with E-state index in [0.29, 0.717) is 6.54 Å². The fourth-order valence-corrected chi connectivity index (χ4v) is 3.18. The molecule has 6 heteroatoms. The lowest BCUT2D eigenvalue weighted by Crippen LogP contribution is -2.44. The predicted octanol–water partition coefficient (Wildman–Crippen LogP) is 2.77. The number of para-hydroxylation sites is 1. The Bertz CT molecular complexity index is 791. The molecule has 0 saturated heterocycles. The van der Waals surface area contributed by atoms with E-state index in [1.807, 2.05) is 6.07 Å². The number of hydrogen-bond donors (Lipinski definition) is 1. The Hall–Kier alpha value is -2.73. The average Bonchev–Trinajstić information content (AvgIpc) is 2.65. The molecule has 1 amide bonds. The number of nitrogens with zero attached hydrogens (tertiary/aromatic N) is 2. The van der Waals surface area contributed by atoms with Crippen LogP contribution in [-0.4, -0.2) is 34.9 Å². The van der Waals surface area contributed by atoms with Crippen LogP contribution in [0.1, 0.15) is 28.4 Å². The molecule has 0 bridgehead atoms.